The van der Waals surface area contributed by atoms with E-state index in [0.29, 0.717) is 5.69 Å². The highest BCUT2D eigenvalue weighted by atomic mass is 32.3. The zero-order valence-electron chi connectivity index (χ0n) is 7.38. The van der Waals surface area contributed by atoms with Crippen LogP contribution < -0.4 is 5.73 Å². The maximum absolute atomic E-state index is 9.02. The molecule has 0 aromatic heterocycles. The predicted molar refractivity (Wildman–Crippen MR) is 51.4 cm³/mol. The molecule has 0 saturated heterocycles. The molecule has 0 unspecified atom stereocenters. The summed E-state index contributed by atoms with van der Waals surface area (Å²) in [4.78, 5) is 0. The van der Waals surface area contributed by atoms with Crippen LogP contribution in [0.3, 0.4) is 0 Å². The van der Waals surface area contributed by atoms with Crippen molar-refractivity contribution in [3.63, 3.8) is 0 Å². The van der Waals surface area contributed by atoms with Crippen molar-refractivity contribution in [2.24, 2.45) is 0 Å². The predicted octanol–water partition coefficient (Wildman–Crippen LogP) is 0.630. The van der Waals surface area contributed by atoms with E-state index in [2.05, 4.69) is 0 Å². The topological polar surface area (TPSA) is 121 Å². The molecule has 0 saturated carbocycles. The van der Waals surface area contributed by atoms with E-state index in [4.69, 9.17) is 28.4 Å². The van der Waals surface area contributed by atoms with E-state index in [1.54, 1.807) is 25.1 Å². The lowest BCUT2D eigenvalue weighted by molar-refractivity contribution is 0.381. The Morgan fingerprint density at radius 1 is 1.29 bits per heavy atom. The molecule has 6 nitrogen and oxygen atoms in total. The first-order chi connectivity index (χ1) is 6.22. The summed E-state index contributed by atoms with van der Waals surface area (Å²) in [7, 11) is -4.67. The second-order valence-corrected chi connectivity index (χ2v) is 3.33. The first kappa shape index (κ1) is 12.7. The van der Waals surface area contributed by atoms with Crippen LogP contribution in [0.1, 0.15) is 5.56 Å². The number of benzene rings is 1. The van der Waals surface area contributed by atoms with Gasteiger partial charge in [0.05, 0.1) is 0 Å². The number of aromatic hydroxyl groups is 1. The molecule has 0 radical (unpaired) electrons. The smallest absolute Gasteiger partial charge is 0.394 e. The van der Waals surface area contributed by atoms with E-state index in [1.165, 1.54) is 0 Å². The molecule has 0 aliphatic heterocycles. The molecular formula is C7H11NO5S. The van der Waals surface area contributed by atoms with Crippen LogP contribution in [-0.4, -0.2) is 22.6 Å². The summed E-state index contributed by atoms with van der Waals surface area (Å²) < 4.78 is 31.6. The molecule has 0 heterocycles. The van der Waals surface area contributed by atoms with E-state index in [1.807, 2.05) is 0 Å². The minimum Gasteiger partial charge on any atom is -0.508 e. The molecular weight excluding hydrogens is 210 g/mol. The summed E-state index contributed by atoms with van der Waals surface area (Å²) >= 11 is 0. The fourth-order valence-electron chi connectivity index (χ4n) is 0.641. The largest absolute Gasteiger partial charge is 0.508 e. The van der Waals surface area contributed by atoms with Crippen LogP contribution in [0.2, 0.25) is 0 Å². The van der Waals surface area contributed by atoms with Gasteiger partial charge in [-0.15, -0.1) is 0 Å². The maximum Gasteiger partial charge on any atom is 0.394 e. The van der Waals surface area contributed by atoms with Crippen molar-refractivity contribution in [3.05, 3.63) is 23.8 Å². The fourth-order valence-corrected chi connectivity index (χ4v) is 0.641. The molecule has 0 fully saturated rings. The highest BCUT2D eigenvalue weighted by Gasteiger charge is 1.95. The zero-order valence-corrected chi connectivity index (χ0v) is 8.19. The van der Waals surface area contributed by atoms with Gasteiger partial charge in [-0.25, -0.2) is 0 Å². The molecule has 14 heavy (non-hydrogen) atoms. The highest BCUT2D eigenvalue weighted by Crippen LogP contribution is 2.20. The molecule has 1 aromatic rings. The Hall–Kier alpha value is -1.31. The van der Waals surface area contributed by atoms with Gasteiger partial charge in [-0.1, -0.05) is 6.07 Å². The third-order valence-corrected chi connectivity index (χ3v) is 1.35. The first-order valence-electron chi connectivity index (χ1n) is 3.45. The number of hydrogen-bond acceptors (Lipinski definition) is 4. The lowest BCUT2D eigenvalue weighted by atomic mass is 10.2. The van der Waals surface area contributed by atoms with Crippen LogP contribution in [0.4, 0.5) is 5.69 Å². The van der Waals surface area contributed by atoms with Crippen molar-refractivity contribution >= 4 is 16.1 Å². The number of phenolic OH excluding ortho intramolecular Hbond substituents is 1. The summed E-state index contributed by atoms with van der Waals surface area (Å²) in [5, 5.41) is 9.02. The highest BCUT2D eigenvalue weighted by molar-refractivity contribution is 7.79. The van der Waals surface area contributed by atoms with Crippen LogP contribution in [-0.2, 0) is 10.4 Å². The number of nitrogens with two attached hydrogens (primary N) is 1. The lowest BCUT2D eigenvalue weighted by Gasteiger charge is -1.99. The van der Waals surface area contributed by atoms with Crippen LogP contribution in [0.25, 0.3) is 0 Å². The summed E-state index contributed by atoms with van der Waals surface area (Å²) in [6.07, 6.45) is 0. The Bertz CT molecular complexity index is 372. The van der Waals surface area contributed by atoms with Crippen LogP contribution >= 0.6 is 0 Å². The van der Waals surface area contributed by atoms with Gasteiger partial charge in [-0.2, -0.15) is 8.42 Å². The molecule has 80 valence electrons. The molecule has 0 aliphatic rings. The summed E-state index contributed by atoms with van der Waals surface area (Å²) in [6, 6.07) is 5.10. The first-order valence-corrected chi connectivity index (χ1v) is 4.85. The number of hydrogen-bond donors (Lipinski definition) is 4. The van der Waals surface area contributed by atoms with Crippen molar-refractivity contribution in [1.29, 1.82) is 0 Å². The Morgan fingerprint density at radius 3 is 2.00 bits per heavy atom. The normalized spacial score (nSPS) is 10.2. The van der Waals surface area contributed by atoms with Gasteiger partial charge in [0.2, 0.25) is 0 Å². The summed E-state index contributed by atoms with van der Waals surface area (Å²) in [5.74, 6) is 0.259. The molecule has 0 aliphatic carbocycles. The standard InChI is InChI=1S/C7H9NO.H2O4S/c1-5-6(8)3-2-4-7(5)9;1-5(2,3)4/h2-4,9H,8H2,1H3;(H2,1,2,3,4). The molecule has 5 N–H and O–H groups in total. The van der Waals surface area contributed by atoms with E-state index in [-0.39, 0.29) is 5.75 Å². The average Bonchev–Trinajstić information content (AvgIpc) is 1.97. The molecule has 0 spiro atoms. The Balaban J connectivity index is 0.000000292. The van der Waals surface area contributed by atoms with Crippen molar-refractivity contribution in [2.75, 3.05) is 5.73 Å². The number of anilines is 1. The van der Waals surface area contributed by atoms with Gasteiger partial charge < -0.3 is 10.8 Å². The van der Waals surface area contributed by atoms with Crippen LogP contribution in [0.5, 0.6) is 5.75 Å². The quantitative estimate of drug-likeness (QED) is 0.376. The average molecular weight is 221 g/mol. The van der Waals surface area contributed by atoms with E-state index >= 15 is 0 Å². The second-order valence-electron chi connectivity index (χ2n) is 2.44. The van der Waals surface area contributed by atoms with Crippen molar-refractivity contribution in [2.45, 2.75) is 6.92 Å². The van der Waals surface area contributed by atoms with Crippen molar-refractivity contribution in [3.8, 4) is 5.75 Å². The number of phenols is 1. The fraction of sp³-hybridized carbons (Fsp3) is 0.143. The van der Waals surface area contributed by atoms with Gasteiger partial charge in [0.15, 0.2) is 0 Å². The Morgan fingerprint density at radius 2 is 1.71 bits per heavy atom. The Kier molecular flexibility index (Phi) is 4.35. The molecule has 7 heteroatoms. The minimum atomic E-state index is -4.67. The van der Waals surface area contributed by atoms with Gasteiger partial charge in [0.25, 0.3) is 0 Å². The van der Waals surface area contributed by atoms with Crippen LogP contribution in [0, 0.1) is 6.92 Å². The summed E-state index contributed by atoms with van der Waals surface area (Å²) in [5.41, 5.74) is 6.84. The van der Waals surface area contributed by atoms with Gasteiger partial charge in [0.1, 0.15) is 5.75 Å². The van der Waals surface area contributed by atoms with E-state index in [0.717, 1.165) is 5.56 Å². The third kappa shape index (κ3) is 6.23. The monoisotopic (exact) mass is 221 g/mol. The van der Waals surface area contributed by atoms with Gasteiger partial charge in [0, 0.05) is 11.3 Å². The molecule has 0 amide bonds. The molecule has 0 atom stereocenters. The van der Waals surface area contributed by atoms with Crippen LogP contribution in [0.15, 0.2) is 18.2 Å². The second kappa shape index (κ2) is 4.80. The van der Waals surface area contributed by atoms with Crippen molar-refractivity contribution in [1.82, 2.24) is 0 Å². The molecule has 1 rings (SSSR count). The lowest BCUT2D eigenvalue weighted by Crippen LogP contribution is -1.89. The van der Waals surface area contributed by atoms with Gasteiger partial charge in [-0.05, 0) is 19.1 Å². The Labute approximate surface area is 81.6 Å². The number of nitrogen functional groups attached to an aromatic ring is 1. The van der Waals surface area contributed by atoms with E-state index in [9.17, 15) is 0 Å². The molecule has 1 aromatic carbocycles. The minimum absolute atomic E-state index is 0.259. The maximum atomic E-state index is 9.02. The van der Waals surface area contributed by atoms with E-state index < -0.39 is 10.4 Å². The number of rotatable bonds is 0. The van der Waals surface area contributed by atoms with Gasteiger partial charge >= 0.3 is 10.4 Å². The van der Waals surface area contributed by atoms with Gasteiger partial charge in [-0.3, -0.25) is 9.11 Å². The summed E-state index contributed by atoms with van der Waals surface area (Å²) in [6.45, 7) is 1.78. The molecule has 0 bridgehead atoms. The van der Waals surface area contributed by atoms with Crippen molar-refractivity contribution < 1.29 is 22.6 Å². The third-order valence-electron chi connectivity index (χ3n) is 1.35. The SMILES string of the molecule is Cc1c(N)cccc1O.O=S(=O)(O)O. The zero-order chi connectivity index (χ0) is 11.4.